The van der Waals surface area contributed by atoms with Gasteiger partial charge >= 0.3 is 0 Å². The molecule has 256 valence electrons. The lowest BCUT2D eigenvalue weighted by Gasteiger charge is -2.45. The number of rotatable bonds is 7. The van der Waals surface area contributed by atoms with Gasteiger partial charge in [0.15, 0.2) is 0 Å². The van der Waals surface area contributed by atoms with Crippen molar-refractivity contribution in [3.63, 3.8) is 0 Å². The van der Waals surface area contributed by atoms with Gasteiger partial charge in [-0.1, -0.05) is 188 Å². The molecule has 0 amide bonds. The molecule has 1 heterocycles. The first kappa shape index (κ1) is 34.5. The minimum atomic E-state index is -0.644. The molecule has 7 aromatic carbocycles. The van der Waals surface area contributed by atoms with Crippen molar-refractivity contribution < 1.29 is 0 Å². The Balaban J connectivity index is 1.34. The Kier molecular flexibility index (Phi) is 9.67. The van der Waals surface area contributed by atoms with Crippen molar-refractivity contribution in [3.8, 4) is 44.5 Å². The number of allylic oxidation sites excluding steroid dienone is 4. The van der Waals surface area contributed by atoms with Gasteiger partial charge < -0.3 is 0 Å². The average molecular weight is 717 g/mol. The molecule has 0 bridgehead atoms. The first-order valence-corrected chi connectivity index (χ1v) is 19.3. The number of aryl methyl sites for hydroxylation is 1. The van der Waals surface area contributed by atoms with E-state index in [1.165, 1.54) is 76.6 Å². The lowest BCUT2D eigenvalue weighted by Crippen LogP contribution is -2.36. The van der Waals surface area contributed by atoms with Crippen molar-refractivity contribution >= 4 is 24.4 Å². The highest BCUT2D eigenvalue weighted by molar-refractivity contribution is 8.03. The number of fused-ring (bicyclic) bond motifs is 1. The van der Waals surface area contributed by atoms with Crippen molar-refractivity contribution in [1.29, 1.82) is 0 Å². The normalized spacial score (nSPS) is 16.7. The van der Waals surface area contributed by atoms with Crippen LogP contribution in [-0.4, -0.2) is 0 Å². The number of hydrogen-bond donors (Lipinski definition) is 1. The van der Waals surface area contributed by atoms with Crippen LogP contribution in [0.25, 0.3) is 44.5 Å². The second-order valence-corrected chi connectivity index (χ2v) is 15.0. The third-order valence-corrected chi connectivity index (χ3v) is 11.9. The molecule has 0 saturated carbocycles. The van der Waals surface area contributed by atoms with Gasteiger partial charge in [0.05, 0.1) is 5.41 Å². The van der Waals surface area contributed by atoms with Crippen LogP contribution in [0.2, 0.25) is 0 Å². The van der Waals surface area contributed by atoms with E-state index >= 15 is 0 Å². The van der Waals surface area contributed by atoms with Crippen molar-refractivity contribution in [2.24, 2.45) is 0 Å². The Morgan fingerprint density at radius 1 is 0.528 bits per heavy atom. The molecule has 0 nitrogen and oxygen atoms in total. The van der Waals surface area contributed by atoms with E-state index in [1.54, 1.807) is 0 Å². The SMILES string of the molecule is C=C/C=C1/Sc2cc(-c3ccc(-c4ccccc4-c4ccccc4)c(C)c3)ccc2C(c2ccccc2S)(c2ccccc2-c2ccccc2)/C1=C/C. The monoisotopic (exact) mass is 716 g/mol. The minimum absolute atomic E-state index is 0.644. The highest BCUT2D eigenvalue weighted by atomic mass is 32.2. The summed E-state index contributed by atoms with van der Waals surface area (Å²) in [5.74, 6) is 0. The van der Waals surface area contributed by atoms with Crippen LogP contribution >= 0.6 is 24.4 Å². The molecule has 0 fully saturated rings. The molecule has 0 aliphatic carbocycles. The molecule has 53 heavy (non-hydrogen) atoms. The fourth-order valence-electron chi connectivity index (χ4n) is 8.12. The maximum Gasteiger partial charge on any atom is 0.0736 e. The molecule has 1 unspecified atom stereocenters. The lowest BCUT2D eigenvalue weighted by atomic mass is 9.62. The molecular formula is C51H40S2. The summed E-state index contributed by atoms with van der Waals surface area (Å²) < 4.78 is 0. The van der Waals surface area contributed by atoms with Gasteiger partial charge in [-0.05, 0) is 104 Å². The number of hydrogen-bond acceptors (Lipinski definition) is 2. The van der Waals surface area contributed by atoms with Crippen LogP contribution in [0.4, 0.5) is 0 Å². The van der Waals surface area contributed by atoms with Crippen molar-refractivity contribution in [3.05, 3.63) is 227 Å². The fraction of sp³-hybridized carbons (Fsp3) is 0.0588. The van der Waals surface area contributed by atoms with E-state index in [9.17, 15) is 0 Å². The van der Waals surface area contributed by atoms with Crippen LogP contribution in [0.1, 0.15) is 29.2 Å². The summed E-state index contributed by atoms with van der Waals surface area (Å²) in [5.41, 5.74) is 15.2. The third-order valence-electron chi connectivity index (χ3n) is 10.4. The summed E-state index contributed by atoms with van der Waals surface area (Å²) in [6.07, 6.45) is 6.37. The number of benzene rings is 7. The molecular weight excluding hydrogens is 677 g/mol. The predicted molar refractivity (Wildman–Crippen MR) is 231 cm³/mol. The largest absolute Gasteiger partial charge is 0.143 e. The topological polar surface area (TPSA) is 0 Å². The van der Waals surface area contributed by atoms with Gasteiger partial charge in [-0.2, -0.15) is 0 Å². The Bertz CT molecular complexity index is 2520. The van der Waals surface area contributed by atoms with E-state index in [2.05, 4.69) is 202 Å². The van der Waals surface area contributed by atoms with Crippen LogP contribution in [0.5, 0.6) is 0 Å². The van der Waals surface area contributed by atoms with Gasteiger partial charge in [0.2, 0.25) is 0 Å². The molecule has 1 aliphatic rings. The van der Waals surface area contributed by atoms with Crippen LogP contribution in [-0.2, 0) is 5.41 Å². The van der Waals surface area contributed by atoms with E-state index < -0.39 is 5.41 Å². The van der Waals surface area contributed by atoms with E-state index in [4.69, 9.17) is 12.6 Å². The van der Waals surface area contributed by atoms with Crippen molar-refractivity contribution in [2.75, 3.05) is 0 Å². The molecule has 2 heteroatoms. The van der Waals surface area contributed by atoms with Gasteiger partial charge in [-0.3, -0.25) is 0 Å². The predicted octanol–water partition coefficient (Wildman–Crippen LogP) is 14.4. The molecule has 1 aliphatic heterocycles. The van der Waals surface area contributed by atoms with Crippen LogP contribution in [0.3, 0.4) is 0 Å². The number of thioether (sulfide) groups is 1. The standard InChI is InChI=1S/C51H40S2/c1-4-18-49-44(5-2)51(46-27-16-17-28-48(46)52,45-26-15-14-24-42(45)37-21-10-7-11-22-37)47-32-30-39(34-50(47)53-49)38-29-31-40(35(3)33-38)43-25-13-12-23-41(43)36-19-8-6-9-20-36/h4-34,52H,1H2,2-3H3/b44-5+,49-18+. The maximum atomic E-state index is 5.17. The van der Waals surface area contributed by atoms with Crippen LogP contribution < -0.4 is 0 Å². The second kappa shape index (κ2) is 14.8. The van der Waals surface area contributed by atoms with E-state index in [-0.39, 0.29) is 0 Å². The summed E-state index contributed by atoms with van der Waals surface area (Å²) in [7, 11) is 0. The minimum Gasteiger partial charge on any atom is -0.143 e. The molecule has 0 spiro atoms. The molecule has 8 rings (SSSR count). The second-order valence-electron chi connectivity index (χ2n) is 13.4. The van der Waals surface area contributed by atoms with E-state index in [1.807, 2.05) is 17.8 Å². The summed E-state index contributed by atoms with van der Waals surface area (Å²) in [4.78, 5) is 3.35. The maximum absolute atomic E-state index is 5.17. The zero-order valence-electron chi connectivity index (χ0n) is 30.0. The van der Waals surface area contributed by atoms with E-state index in [0.717, 1.165) is 10.5 Å². The molecule has 0 radical (unpaired) electrons. The van der Waals surface area contributed by atoms with Gasteiger partial charge in [-0.25, -0.2) is 0 Å². The molecule has 0 aromatic heterocycles. The molecule has 7 aromatic rings. The summed E-state index contributed by atoms with van der Waals surface area (Å²) in [6, 6.07) is 61.5. The van der Waals surface area contributed by atoms with Crippen molar-refractivity contribution in [1.82, 2.24) is 0 Å². The van der Waals surface area contributed by atoms with Crippen LogP contribution in [0.15, 0.2) is 215 Å². The van der Waals surface area contributed by atoms with Gasteiger partial charge in [0.25, 0.3) is 0 Å². The summed E-state index contributed by atoms with van der Waals surface area (Å²) in [6.45, 7) is 8.55. The van der Waals surface area contributed by atoms with Gasteiger partial charge in [0.1, 0.15) is 0 Å². The third kappa shape index (κ3) is 6.12. The zero-order valence-corrected chi connectivity index (χ0v) is 31.7. The smallest absolute Gasteiger partial charge is 0.0736 e. The number of thiol groups is 1. The highest BCUT2D eigenvalue weighted by Crippen LogP contribution is 2.60. The quantitative estimate of drug-likeness (QED) is 0.160. The first-order chi connectivity index (χ1) is 26.0. The Labute approximate surface area is 323 Å². The fourth-order valence-corrected chi connectivity index (χ4v) is 9.75. The summed E-state index contributed by atoms with van der Waals surface area (Å²) in [5, 5.41) is 0. The summed E-state index contributed by atoms with van der Waals surface area (Å²) >= 11 is 6.99. The molecule has 0 N–H and O–H groups in total. The highest BCUT2D eigenvalue weighted by Gasteiger charge is 2.47. The van der Waals surface area contributed by atoms with Crippen molar-refractivity contribution in [2.45, 2.75) is 29.1 Å². The first-order valence-electron chi connectivity index (χ1n) is 18.1. The lowest BCUT2D eigenvalue weighted by molar-refractivity contribution is 0.702. The zero-order chi connectivity index (χ0) is 36.4. The van der Waals surface area contributed by atoms with E-state index in [0.29, 0.717) is 0 Å². The van der Waals surface area contributed by atoms with Gasteiger partial charge in [0, 0.05) is 14.7 Å². The molecule has 0 saturated heterocycles. The molecule has 1 atom stereocenters. The van der Waals surface area contributed by atoms with Crippen LogP contribution in [0, 0.1) is 6.92 Å². The Morgan fingerprint density at radius 2 is 1.09 bits per heavy atom. The Hall–Kier alpha value is -5.54. The Morgan fingerprint density at radius 3 is 1.75 bits per heavy atom. The van der Waals surface area contributed by atoms with Gasteiger partial charge in [-0.15, -0.1) is 12.6 Å². The average Bonchev–Trinajstić information content (AvgIpc) is 3.21.